The Labute approximate surface area is 144 Å². The van der Waals surface area contributed by atoms with Gasteiger partial charge in [0.15, 0.2) is 5.82 Å². The van der Waals surface area contributed by atoms with Gasteiger partial charge in [0.25, 0.3) is 0 Å². The fourth-order valence-electron chi connectivity index (χ4n) is 4.41. The van der Waals surface area contributed by atoms with Crippen LogP contribution in [0, 0.1) is 0 Å². The lowest BCUT2D eigenvalue weighted by molar-refractivity contribution is 0.140. The quantitative estimate of drug-likeness (QED) is 0.860. The molecule has 0 amide bonds. The summed E-state index contributed by atoms with van der Waals surface area (Å²) in [5.41, 5.74) is 1.13. The molecule has 24 heavy (non-hydrogen) atoms. The number of hydrogen-bond donors (Lipinski definition) is 0. The summed E-state index contributed by atoms with van der Waals surface area (Å²) in [5.74, 6) is 1.94. The molecule has 1 atom stereocenters. The van der Waals surface area contributed by atoms with Crippen molar-refractivity contribution in [2.75, 3.05) is 6.54 Å². The second-order valence-electron chi connectivity index (χ2n) is 7.06. The van der Waals surface area contributed by atoms with Crippen molar-refractivity contribution in [1.82, 2.24) is 24.4 Å². The van der Waals surface area contributed by atoms with E-state index in [0.29, 0.717) is 6.04 Å². The molecule has 1 unspecified atom stereocenters. The fourth-order valence-corrected chi connectivity index (χ4v) is 4.41. The molecule has 2 fully saturated rings. The summed E-state index contributed by atoms with van der Waals surface area (Å²) in [7, 11) is 0. The first kappa shape index (κ1) is 15.8. The maximum Gasteiger partial charge on any atom is 0.156 e. The van der Waals surface area contributed by atoms with Crippen molar-refractivity contribution >= 4 is 0 Å². The zero-order valence-electron chi connectivity index (χ0n) is 14.6. The van der Waals surface area contributed by atoms with Crippen molar-refractivity contribution in [1.29, 1.82) is 0 Å². The van der Waals surface area contributed by atoms with E-state index >= 15 is 0 Å². The summed E-state index contributed by atoms with van der Waals surface area (Å²) in [4.78, 5) is 16.6. The largest absolute Gasteiger partial charge is 0.292 e. The molecule has 0 spiro atoms. The molecule has 0 aromatic carbocycles. The minimum Gasteiger partial charge on any atom is -0.292 e. The molecule has 1 saturated carbocycles. The minimum atomic E-state index is 0.439. The van der Waals surface area contributed by atoms with Crippen molar-refractivity contribution in [2.24, 2.45) is 0 Å². The minimum absolute atomic E-state index is 0.439. The van der Waals surface area contributed by atoms with Crippen LogP contribution in [0.5, 0.6) is 0 Å². The van der Waals surface area contributed by atoms with Gasteiger partial charge in [0.05, 0.1) is 24.1 Å². The highest BCUT2D eigenvalue weighted by Gasteiger charge is 2.33. The molecule has 2 aromatic heterocycles. The van der Waals surface area contributed by atoms with Crippen molar-refractivity contribution in [3.05, 3.63) is 36.3 Å². The van der Waals surface area contributed by atoms with Crippen LogP contribution in [-0.4, -0.2) is 37.0 Å². The molecule has 5 heteroatoms. The van der Waals surface area contributed by atoms with E-state index in [-0.39, 0.29) is 0 Å². The van der Waals surface area contributed by atoms with E-state index in [1.54, 1.807) is 0 Å². The Morgan fingerprint density at radius 3 is 2.79 bits per heavy atom. The summed E-state index contributed by atoms with van der Waals surface area (Å²) in [6, 6.07) is 1.19. The molecule has 3 heterocycles. The Bertz CT molecular complexity index is 674. The second-order valence-corrected chi connectivity index (χ2v) is 7.06. The van der Waals surface area contributed by atoms with Gasteiger partial charge in [0.1, 0.15) is 5.82 Å². The first-order valence-corrected chi connectivity index (χ1v) is 9.47. The first-order chi connectivity index (χ1) is 11.9. The Morgan fingerprint density at radius 1 is 1.08 bits per heavy atom. The molecule has 0 radical (unpaired) electrons. The van der Waals surface area contributed by atoms with Crippen LogP contribution < -0.4 is 0 Å². The molecule has 2 aliphatic rings. The van der Waals surface area contributed by atoms with Crippen LogP contribution >= 0.6 is 0 Å². The lowest BCUT2D eigenvalue weighted by Gasteiger charge is -2.35. The molecule has 0 N–H and O–H groups in total. The predicted octanol–water partition coefficient (Wildman–Crippen LogP) is 3.69. The van der Waals surface area contributed by atoms with Gasteiger partial charge in [-0.25, -0.2) is 9.97 Å². The molecule has 5 nitrogen and oxygen atoms in total. The molecule has 128 valence electrons. The molecular weight excluding hydrogens is 298 g/mol. The summed E-state index contributed by atoms with van der Waals surface area (Å²) in [6.45, 7) is 3.34. The van der Waals surface area contributed by atoms with E-state index in [2.05, 4.69) is 26.4 Å². The topological polar surface area (TPSA) is 46.8 Å². The van der Waals surface area contributed by atoms with Crippen LogP contribution in [0.1, 0.15) is 69.4 Å². The molecule has 1 saturated heterocycles. The summed E-state index contributed by atoms with van der Waals surface area (Å²) < 4.78 is 2.07. The van der Waals surface area contributed by atoms with E-state index in [9.17, 15) is 0 Å². The van der Waals surface area contributed by atoms with E-state index in [1.165, 1.54) is 51.5 Å². The summed E-state index contributed by atoms with van der Waals surface area (Å²) in [6.07, 6.45) is 17.9. The highest BCUT2D eigenvalue weighted by atomic mass is 15.2. The molecule has 4 rings (SSSR count). The Morgan fingerprint density at radius 2 is 1.96 bits per heavy atom. The average molecular weight is 325 g/mol. The standard InChI is InChI=1S/C19H27N5/c1-2-18-21-10-12-24(18)19-14-20-13-16(22-19)17-9-6-11-23(17)15-7-4-3-5-8-15/h10,12-15,17H,2-9,11H2,1H3. The normalized spacial score (nSPS) is 23.0. The SMILES string of the molecule is CCc1nccn1-c1cncc(C2CCCN2C2CCCCC2)n1. The van der Waals surface area contributed by atoms with Crippen LogP contribution in [0.25, 0.3) is 5.82 Å². The molecule has 1 aliphatic carbocycles. The smallest absolute Gasteiger partial charge is 0.156 e. The number of aromatic nitrogens is 4. The monoisotopic (exact) mass is 325 g/mol. The third kappa shape index (κ3) is 2.97. The zero-order valence-corrected chi connectivity index (χ0v) is 14.6. The van der Waals surface area contributed by atoms with E-state index < -0.39 is 0 Å². The first-order valence-electron chi connectivity index (χ1n) is 9.47. The molecular formula is C19H27N5. The van der Waals surface area contributed by atoms with Crippen molar-refractivity contribution in [3.63, 3.8) is 0 Å². The van der Waals surface area contributed by atoms with Crippen molar-refractivity contribution in [2.45, 2.75) is 70.4 Å². The fraction of sp³-hybridized carbons (Fsp3) is 0.632. The maximum atomic E-state index is 4.97. The number of likely N-dealkylation sites (tertiary alicyclic amines) is 1. The highest BCUT2D eigenvalue weighted by molar-refractivity contribution is 5.24. The van der Waals surface area contributed by atoms with E-state index in [0.717, 1.165) is 29.8 Å². The van der Waals surface area contributed by atoms with Gasteiger partial charge in [-0.2, -0.15) is 0 Å². The zero-order chi connectivity index (χ0) is 16.4. The second kappa shape index (κ2) is 7.01. The van der Waals surface area contributed by atoms with Crippen LogP contribution in [-0.2, 0) is 6.42 Å². The third-order valence-corrected chi connectivity index (χ3v) is 5.60. The highest BCUT2D eigenvalue weighted by Crippen LogP contribution is 2.36. The van der Waals surface area contributed by atoms with Crippen LogP contribution in [0.3, 0.4) is 0 Å². The van der Waals surface area contributed by atoms with Gasteiger partial charge in [0.2, 0.25) is 0 Å². The number of imidazole rings is 1. The number of rotatable bonds is 4. The van der Waals surface area contributed by atoms with Crippen LogP contribution in [0.4, 0.5) is 0 Å². The third-order valence-electron chi connectivity index (χ3n) is 5.60. The van der Waals surface area contributed by atoms with Gasteiger partial charge in [-0.15, -0.1) is 0 Å². The van der Waals surface area contributed by atoms with Crippen LogP contribution in [0.2, 0.25) is 0 Å². The lowest BCUT2D eigenvalue weighted by atomic mass is 9.93. The predicted molar refractivity (Wildman–Crippen MR) is 94.1 cm³/mol. The number of aryl methyl sites for hydroxylation is 1. The average Bonchev–Trinajstić information content (AvgIpc) is 3.31. The number of hydrogen-bond acceptors (Lipinski definition) is 4. The van der Waals surface area contributed by atoms with Gasteiger partial charge in [-0.3, -0.25) is 14.5 Å². The summed E-state index contributed by atoms with van der Waals surface area (Å²) in [5, 5.41) is 0. The Kier molecular flexibility index (Phi) is 4.60. The van der Waals surface area contributed by atoms with Crippen LogP contribution in [0.15, 0.2) is 24.8 Å². The Balaban J connectivity index is 1.60. The van der Waals surface area contributed by atoms with Gasteiger partial charge in [0, 0.05) is 24.9 Å². The number of nitrogens with zero attached hydrogens (tertiary/aromatic N) is 5. The van der Waals surface area contributed by atoms with Gasteiger partial charge < -0.3 is 0 Å². The molecule has 0 bridgehead atoms. The molecule has 2 aromatic rings. The lowest BCUT2D eigenvalue weighted by Crippen LogP contribution is -2.36. The van der Waals surface area contributed by atoms with Gasteiger partial charge >= 0.3 is 0 Å². The summed E-state index contributed by atoms with van der Waals surface area (Å²) >= 11 is 0. The van der Waals surface area contributed by atoms with Gasteiger partial charge in [-0.1, -0.05) is 26.2 Å². The van der Waals surface area contributed by atoms with Crippen molar-refractivity contribution < 1.29 is 0 Å². The maximum absolute atomic E-state index is 4.97. The van der Waals surface area contributed by atoms with E-state index in [4.69, 9.17) is 4.98 Å². The Hall–Kier alpha value is -1.75. The van der Waals surface area contributed by atoms with Crippen molar-refractivity contribution in [3.8, 4) is 5.82 Å². The van der Waals surface area contributed by atoms with E-state index in [1.807, 2.05) is 24.8 Å². The van der Waals surface area contributed by atoms with Gasteiger partial charge in [-0.05, 0) is 32.2 Å². The molecule has 1 aliphatic heterocycles.